The lowest BCUT2D eigenvalue weighted by atomic mass is 9.80. The van der Waals surface area contributed by atoms with Crippen LogP contribution in [0.5, 0.6) is 0 Å². The van der Waals surface area contributed by atoms with Crippen LogP contribution in [0.15, 0.2) is 17.0 Å². The Bertz CT molecular complexity index is 667. The van der Waals surface area contributed by atoms with Gasteiger partial charge < -0.3 is 10.1 Å². The van der Waals surface area contributed by atoms with Crippen molar-refractivity contribution in [1.29, 1.82) is 0 Å². The second-order valence-electron chi connectivity index (χ2n) is 5.59. The summed E-state index contributed by atoms with van der Waals surface area (Å²) in [5.74, 6) is -0.487. The van der Waals surface area contributed by atoms with Crippen LogP contribution in [0.2, 0.25) is 0 Å². The van der Waals surface area contributed by atoms with Gasteiger partial charge in [-0.1, -0.05) is 13.8 Å². The van der Waals surface area contributed by atoms with Gasteiger partial charge in [-0.25, -0.2) is 13.2 Å². The first-order chi connectivity index (χ1) is 9.15. The van der Waals surface area contributed by atoms with E-state index in [9.17, 15) is 13.2 Å². The number of ether oxygens (including phenoxy) is 1. The second-order valence-corrected chi connectivity index (χ2v) is 8.12. The molecular formula is C13H16ClNO4S. The zero-order chi connectivity index (χ0) is 15.1. The molecule has 0 radical (unpaired) electrons. The van der Waals surface area contributed by atoms with E-state index in [0.717, 1.165) is 0 Å². The van der Waals surface area contributed by atoms with Crippen LogP contribution in [0.1, 0.15) is 29.8 Å². The Kier molecular flexibility index (Phi) is 3.73. The van der Waals surface area contributed by atoms with Crippen LogP contribution in [0.4, 0.5) is 5.69 Å². The number of benzene rings is 1. The fraction of sp³-hybridized carbons (Fsp3) is 0.462. The van der Waals surface area contributed by atoms with Gasteiger partial charge in [0.05, 0.1) is 18.4 Å². The second kappa shape index (κ2) is 4.93. The van der Waals surface area contributed by atoms with Crippen LogP contribution in [0, 0.1) is 5.41 Å². The largest absolute Gasteiger partial charge is 0.465 e. The number of hydrogen-bond donors (Lipinski definition) is 1. The summed E-state index contributed by atoms with van der Waals surface area (Å²) in [4.78, 5) is 11.8. The molecule has 0 atom stereocenters. The minimum Gasteiger partial charge on any atom is -0.465 e. The maximum atomic E-state index is 11.8. The number of fused-ring (bicyclic) bond motifs is 1. The average molecular weight is 318 g/mol. The van der Waals surface area contributed by atoms with Crippen molar-refractivity contribution in [1.82, 2.24) is 0 Å². The fourth-order valence-corrected chi connectivity index (χ4v) is 3.43. The molecule has 1 aromatic carbocycles. The minimum atomic E-state index is -3.87. The van der Waals surface area contributed by atoms with E-state index in [2.05, 4.69) is 5.32 Å². The summed E-state index contributed by atoms with van der Waals surface area (Å²) in [5.41, 5.74) is 1.31. The van der Waals surface area contributed by atoms with Gasteiger partial charge in [-0.05, 0) is 29.5 Å². The molecule has 0 bridgehead atoms. The molecule has 0 amide bonds. The molecule has 7 heteroatoms. The van der Waals surface area contributed by atoms with Crippen LogP contribution in [-0.4, -0.2) is 28.0 Å². The highest BCUT2D eigenvalue weighted by atomic mass is 35.7. The molecule has 0 saturated heterocycles. The van der Waals surface area contributed by atoms with Gasteiger partial charge in [0.25, 0.3) is 9.05 Å². The summed E-state index contributed by atoms with van der Waals surface area (Å²) in [6.07, 6.45) is 0.569. The molecule has 1 aromatic rings. The van der Waals surface area contributed by atoms with E-state index in [1.165, 1.54) is 19.2 Å². The minimum absolute atomic E-state index is 0.00248. The highest BCUT2D eigenvalue weighted by Crippen LogP contribution is 2.39. The van der Waals surface area contributed by atoms with Gasteiger partial charge in [-0.2, -0.15) is 0 Å². The lowest BCUT2D eigenvalue weighted by Crippen LogP contribution is -2.32. The number of rotatable bonds is 2. The third-order valence-electron chi connectivity index (χ3n) is 3.34. The normalized spacial score (nSPS) is 17.0. The summed E-state index contributed by atoms with van der Waals surface area (Å²) >= 11 is 0. The van der Waals surface area contributed by atoms with E-state index in [1.54, 1.807) is 0 Å². The lowest BCUT2D eigenvalue weighted by molar-refractivity contribution is 0.0598. The summed E-state index contributed by atoms with van der Waals surface area (Å²) in [7, 11) is 2.87. The first-order valence-electron chi connectivity index (χ1n) is 6.08. The molecule has 1 N–H and O–H groups in total. The van der Waals surface area contributed by atoms with Crippen molar-refractivity contribution in [3.05, 3.63) is 23.3 Å². The van der Waals surface area contributed by atoms with Gasteiger partial charge in [0.1, 0.15) is 4.90 Å². The average Bonchev–Trinajstić information content (AvgIpc) is 2.34. The number of hydrogen-bond acceptors (Lipinski definition) is 5. The first kappa shape index (κ1) is 15.1. The molecule has 1 aliphatic heterocycles. The molecule has 0 aromatic heterocycles. The third kappa shape index (κ3) is 2.76. The van der Waals surface area contributed by atoms with Crippen LogP contribution in [0.3, 0.4) is 0 Å². The van der Waals surface area contributed by atoms with Gasteiger partial charge in [0.15, 0.2) is 0 Å². The fourth-order valence-electron chi connectivity index (χ4n) is 2.38. The number of halogens is 1. The Morgan fingerprint density at radius 2 is 2.05 bits per heavy atom. The van der Waals surface area contributed by atoms with Gasteiger partial charge in [-0.15, -0.1) is 0 Å². The standard InChI is InChI=1S/C13H16ClNO4S/c1-13(2)6-9-8(12(16)19-3)4-5-10(20(14,17)18)11(9)15-7-13/h4-5,15H,6-7H2,1-3H3. The molecule has 0 spiro atoms. The van der Waals surface area contributed by atoms with Gasteiger partial charge in [0, 0.05) is 17.2 Å². The Labute approximate surface area is 122 Å². The Morgan fingerprint density at radius 1 is 1.40 bits per heavy atom. The number of carbonyl (C=O) groups excluding carboxylic acids is 1. The molecule has 1 aliphatic rings. The number of anilines is 1. The van der Waals surface area contributed by atoms with E-state index in [0.29, 0.717) is 29.8 Å². The summed E-state index contributed by atoms with van der Waals surface area (Å²) in [6.45, 7) is 4.67. The van der Waals surface area contributed by atoms with E-state index >= 15 is 0 Å². The monoisotopic (exact) mass is 317 g/mol. The van der Waals surface area contributed by atoms with E-state index in [1.807, 2.05) is 13.8 Å². The van der Waals surface area contributed by atoms with Crippen molar-refractivity contribution in [2.75, 3.05) is 19.0 Å². The number of methoxy groups -OCH3 is 1. The quantitative estimate of drug-likeness (QED) is 0.670. The van der Waals surface area contributed by atoms with Crippen LogP contribution >= 0.6 is 10.7 Å². The van der Waals surface area contributed by atoms with Crippen molar-refractivity contribution in [2.45, 2.75) is 25.2 Å². The van der Waals surface area contributed by atoms with Crippen molar-refractivity contribution in [3.8, 4) is 0 Å². The van der Waals surface area contributed by atoms with Gasteiger partial charge >= 0.3 is 5.97 Å². The molecular weight excluding hydrogens is 302 g/mol. The van der Waals surface area contributed by atoms with E-state index in [4.69, 9.17) is 15.4 Å². The Balaban J connectivity index is 2.70. The molecule has 5 nitrogen and oxygen atoms in total. The maximum absolute atomic E-state index is 11.8. The van der Waals surface area contributed by atoms with Crippen molar-refractivity contribution in [2.24, 2.45) is 5.41 Å². The summed E-state index contributed by atoms with van der Waals surface area (Å²) in [5, 5.41) is 3.08. The topological polar surface area (TPSA) is 72.5 Å². The molecule has 0 saturated carbocycles. The predicted octanol–water partition coefficient (Wildman–Crippen LogP) is 2.39. The Morgan fingerprint density at radius 3 is 2.60 bits per heavy atom. The number of esters is 1. The van der Waals surface area contributed by atoms with Crippen molar-refractivity contribution >= 4 is 31.4 Å². The number of nitrogens with one attached hydrogen (secondary N) is 1. The van der Waals surface area contributed by atoms with E-state index < -0.39 is 15.0 Å². The molecule has 0 aliphatic carbocycles. The molecule has 0 unspecified atom stereocenters. The van der Waals surface area contributed by atoms with Gasteiger partial charge in [-0.3, -0.25) is 0 Å². The maximum Gasteiger partial charge on any atom is 0.338 e. The van der Waals surface area contributed by atoms with E-state index in [-0.39, 0.29) is 10.3 Å². The zero-order valence-electron chi connectivity index (χ0n) is 11.5. The highest BCUT2D eigenvalue weighted by Gasteiger charge is 2.32. The third-order valence-corrected chi connectivity index (χ3v) is 4.71. The molecule has 20 heavy (non-hydrogen) atoms. The Hall–Kier alpha value is -1.27. The van der Waals surface area contributed by atoms with Crippen molar-refractivity contribution < 1.29 is 17.9 Å². The molecule has 1 heterocycles. The smallest absolute Gasteiger partial charge is 0.338 e. The predicted molar refractivity (Wildman–Crippen MR) is 76.8 cm³/mol. The molecule has 110 valence electrons. The van der Waals surface area contributed by atoms with Crippen LogP contribution < -0.4 is 5.32 Å². The lowest BCUT2D eigenvalue weighted by Gasteiger charge is -2.34. The van der Waals surface area contributed by atoms with Gasteiger partial charge in [0.2, 0.25) is 0 Å². The molecule has 2 rings (SSSR count). The van der Waals surface area contributed by atoms with Crippen molar-refractivity contribution in [3.63, 3.8) is 0 Å². The summed E-state index contributed by atoms with van der Waals surface area (Å²) in [6, 6.07) is 2.78. The SMILES string of the molecule is COC(=O)c1ccc(S(=O)(=O)Cl)c2c1CC(C)(C)CN2. The van der Waals surface area contributed by atoms with Crippen LogP contribution in [-0.2, 0) is 20.2 Å². The highest BCUT2D eigenvalue weighted by molar-refractivity contribution is 8.13. The first-order valence-corrected chi connectivity index (χ1v) is 8.39. The number of carbonyl (C=O) groups is 1. The zero-order valence-corrected chi connectivity index (χ0v) is 13.1. The molecule has 0 fully saturated rings. The van der Waals surface area contributed by atoms with Crippen LogP contribution in [0.25, 0.3) is 0 Å². The summed E-state index contributed by atoms with van der Waals surface area (Å²) < 4.78 is 28.0.